The molecule has 0 amide bonds. The van der Waals surface area contributed by atoms with Gasteiger partial charge < -0.3 is 10.8 Å². The van der Waals surface area contributed by atoms with E-state index in [4.69, 9.17) is 10.8 Å². The summed E-state index contributed by atoms with van der Waals surface area (Å²) in [5, 5.41) is 13.2. The lowest BCUT2D eigenvalue weighted by molar-refractivity contribution is -0.136. The highest BCUT2D eigenvalue weighted by atomic mass is 32.2. The molecule has 0 fully saturated rings. The van der Waals surface area contributed by atoms with Crippen molar-refractivity contribution in [2.45, 2.75) is 35.8 Å². The number of rotatable bonds is 5. The fraction of sp³-hybridized carbons (Fsp3) is 0.250. The van der Waals surface area contributed by atoms with Crippen molar-refractivity contribution in [2.75, 3.05) is 0 Å². The summed E-state index contributed by atoms with van der Waals surface area (Å²) < 4.78 is 1.18. The molecule has 3 aromatic rings. The third kappa shape index (κ3) is 6.20. The number of hydrogen-bond acceptors (Lipinski definition) is 4. The quantitative estimate of drug-likeness (QED) is 0.575. The number of thioether (sulfide) groups is 1. The van der Waals surface area contributed by atoms with Gasteiger partial charge in [0.15, 0.2) is 0 Å². The lowest BCUT2D eigenvalue weighted by Crippen LogP contribution is -2.05. The summed E-state index contributed by atoms with van der Waals surface area (Å²) in [4.78, 5) is 10.3. The van der Waals surface area contributed by atoms with E-state index in [0.717, 1.165) is 0 Å². The van der Waals surface area contributed by atoms with Crippen LogP contribution in [0.4, 0.5) is 0 Å². The topological polar surface area (TPSA) is 63.3 Å². The van der Waals surface area contributed by atoms with Gasteiger partial charge in [0.1, 0.15) is 0 Å². The predicted octanol–water partition coefficient (Wildman–Crippen LogP) is 5.56. The van der Waals surface area contributed by atoms with Crippen LogP contribution < -0.4 is 5.73 Å². The third-order valence-corrected chi connectivity index (χ3v) is 5.76. The molecular formula is C20H23NO2S2. The van der Waals surface area contributed by atoms with Crippen molar-refractivity contribution in [3.05, 3.63) is 65.5 Å². The Hall–Kier alpha value is -1.82. The lowest BCUT2D eigenvalue weighted by Gasteiger charge is -2.09. The summed E-state index contributed by atoms with van der Waals surface area (Å²) in [5.41, 5.74) is 7.10. The fourth-order valence-corrected chi connectivity index (χ4v) is 4.57. The van der Waals surface area contributed by atoms with E-state index in [1.165, 1.54) is 20.5 Å². The Labute approximate surface area is 156 Å². The molecule has 2 aromatic carbocycles. The molecule has 132 valence electrons. The van der Waals surface area contributed by atoms with Crippen LogP contribution in [0.2, 0.25) is 0 Å². The van der Waals surface area contributed by atoms with E-state index in [2.05, 4.69) is 30.3 Å². The molecule has 1 heterocycles. The smallest absolute Gasteiger partial charge is 0.304 e. The SMILES string of the molecule is CC(N)c1cccc2ccccc12.C[C@H](CC(=O)O)Sc1cccs1. The van der Waals surface area contributed by atoms with Gasteiger partial charge in [-0.25, -0.2) is 0 Å². The van der Waals surface area contributed by atoms with E-state index in [1.807, 2.05) is 43.5 Å². The maximum absolute atomic E-state index is 10.3. The standard InChI is InChI=1S/C12H13N.C8H10O2S2/c1-9(13)11-8-4-6-10-5-2-3-7-12(10)11;1-6(5-7(9)10)12-8-3-2-4-11-8/h2-9H,13H2,1H3;2-4,6H,5H2,1H3,(H,9,10)/t;6-/m.1/s1. The zero-order chi connectivity index (χ0) is 18.2. The van der Waals surface area contributed by atoms with Gasteiger partial charge in [0.2, 0.25) is 0 Å². The number of aliphatic carboxylic acids is 1. The van der Waals surface area contributed by atoms with Crippen LogP contribution in [-0.4, -0.2) is 16.3 Å². The number of carboxylic acids is 1. The third-order valence-electron chi connectivity index (χ3n) is 3.59. The van der Waals surface area contributed by atoms with Gasteiger partial charge in [0.05, 0.1) is 10.6 Å². The van der Waals surface area contributed by atoms with Gasteiger partial charge >= 0.3 is 5.97 Å². The average Bonchev–Trinajstić information content (AvgIpc) is 3.07. The van der Waals surface area contributed by atoms with Gasteiger partial charge in [0, 0.05) is 11.3 Å². The molecule has 0 saturated carbocycles. The minimum absolute atomic E-state index is 0.103. The van der Waals surface area contributed by atoms with Crippen LogP contribution in [0.3, 0.4) is 0 Å². The summed E-state index contributed by atoms with van der Waals surface area (Å²) in [7, 11) is 0. The van der Waals surface area contributed by atoms with E-state index >= 15 is 0 Å². The highest BCUT2D eigenvalue weighted by molar-refractivity contribution is 8.01. The minimum atomic E-state index is -0.730. The van der Waals surface area contributed by atoms with Crippen molar-refractivity contribution >= 4 is 39.8 Å². The van der Waals surface area contributed by atoms with Crippen molar-refractivity contribution in [3.63, 3.8) is 0 Å². The first-order valence-electron chi connectivity index (χ1n) is 8.12. The van der Waals surface area contributed by atoms with E-state index in [9.17, 15) is 4.79 Å². The van der Waals surface area contributed by atoms with Crippen molar-refractivity contribution < 1.29 is 9.90 Å². The van der Waals surface area contributed by atoms with Crippen LogP contribution in [-0.2, 0) is 4.79 Å². The summed E-state index contributed by atoms with van der Waals surface area (Å²) in [6.45, 7) is 3.94. The summed E-state index contributed by atoms with van der Waals surface area (Å²) in [6.07, 6.45) is 0.225. The van der Waals surface area contributed by atoms with E-state index in [-0.39, 0.29) is 17.7 Å². The first kappa shape index (κ1) is 19.5. The Kier molecular flexibility index (Phi) is 7.50. The molecule has 3 N–H and O–H groups in total. The molecule has 0 aliphatic heterocycles. The van der Waals surface area contributed by atoms with Gasteiger partial charge in [-0.2, -0.15) is 0 Å². The highest BCUT2D eigenvalue weighted by Gasteiger charge is 2.09. The van der Waals surface area contributed by atoms with Crippen molar-refractivity contribution in [1.82, 2.24) is 0 Å². The van der Waals surface area contributed by atoms with Crippen LogP contribution in [0.25, 0.3) is 10.8 Å². The van der Waals surface area contributed by atoms with E-state index in [0.29, 0.717) is 0 Å². The van der Waals surface area contributed by atoms with Gasteiger partial charge in [-0.15, -0.1) is 23.1 Å². The Balaban J connectivity index is 0.000000181. The molecule has 1 unspecified atom stereocenters. The Morgan fingerprint density at radius 2 is 1.84 bits per heavy atom. The normalized spacial score (nSPS) is 12.9. The lowest BCUT2D eigenvalue weighted by atomic mass is 10.0. The van der Waals surface area contributed by atoms with Crippen LogP contribution in [0.1, 0.15) is 31.9 Å². The number of benzene rings is 2. The van der Waals surface area contributed by atoms with E-state index < -0.39 is 5.97 Å². The van der Waals surface area contributed by atoms with E-state index in [1.54, 1.807) is 23.1 Å². The number of carboxylic acid groups (broad SMARTS) is 1. The number of nitrogens with two attached hydrogens (primary N) is 1. The zero-order valence-corrected chi connectivity index (χ0v) is 16.0. The number of thiophene rings is 1. The van der Waals surface area contributed by atoms with Gasteiger partial charge in [-0.3, -0.25) is 4.79 Å². The maximum atomic E-state index is 10.3. The molecule has 0 radical (unpaired) electrons. The molecule has 0 saturated heterocycles. The first-order valence-corrected chi connectivity index (χ1v) is 9.88. The summed E-state index contributed by atoms with van der Waals surface area (Å²) >= 11 is 3.26. The molecule has 5 heteroatoms. The molecule has 2 atom stereocenters. The number of hydrogen-bond donors (Lipinski definition) is 2. The Morgan fingerprint density at radius 3 is 2.48 bits per heavy atom. The number of fused-ring (bicyclic) bond motifs is 1. The molecule has 3 nitrogen and oxygen atoms in total. The molecule has 25 heavy (non-hydrogen) atoms. The van der Waals surface area contributed by atoms with Gasteiger partial charge in [-0.05, 0) is 34.7 Å². The summed E-state index contributed by atoms with van der Waals surface area (Å²) in [5.74, 6) is -0.730. The van der Waals surface area contributed by atoms with Crippen LogP contribution in [0.5, 0.6) is 0 Å². The molecule has 0 aliphatic carbocycles. The van der Waals surface area contributed by atoms with Crippen molar-refractivity contribution in [2.24, 2.45) is 5.73 Å². The predicted molar refractivity (Wildman–Crippen MR) is 108 cm³/mol. The Morgan fingerprint density at radius 1 is 1.12 bits per heavy atom. The fourth-order valence-electron chi connectivity index (χ4n) is 2.46. The summed E-state index contributed by atoms with van der Waals surface area (Å²) in [6, 6.07) is 18.7. The molecular weight excluding hydrogens is 350 g/mol. The molecule has 0 bridgehead atoms. The van der Waals surface area contributed by atoms with Crippen LogP contribution >= 0.6 is 23.1 Å². The van der Waals surface area contributed by atoms with Crippen LogP contribution in [0.15, 0.2) is 64.2 Å². The second kappa shape index (κ2) is 9.61. The van der Waals surface area contributed by atoms with Crippen LogP contribution in [0, 0.1) is 0 Å². The molecule has 0 aliphatic rings. The highest BCUT2D eigenvalue weighted by Crippen LogP contribution is 2.28. The van der Waals surface area contributed by atoms with Gasteiger partial charge in [0.25, 0.3) is 0 Å². The Bertz CT molecular complexity index is 795. The molecule has 3 rings (SSSR count). The number of carbonyl (C=O) groups is 1. The molecule has 0 spiro atoms. The monoisotopic (exact) mass is 373 g/mol. The average molecular weight is 374 g/mol. The maximum Gasteiger partial charge on any atom is 0.304 e. The van der Waals surface area contributed by atoms with Gasteiger partial charge in [-0.1, -0.05) is 55.5 Å². The largest absolute Gasteiger partial charge is 0.481 e. The van der Waals surface area contributed by atoms with Crippen molar-refractivity contribution in [3.8, 4) is 0 Å². The second-order valence-corrected chi connectivity index (χ2v) is 8.50. The van der Waals surface area contributed by atoms with Crippen molar-refractivity contribution in [1.29, 1.82) is 0 Å². The molecule has 1 aromatic heterocycles. The first-order chi connectivity index (χ1) is 12.0. The second-order valence-electron chi connectivity index (χ2n) is 5.82. The minimum Gasteiger partial charge on any atom is -0.481 e. The zero-order valence-electron chi connectivity index (χ0n) is 14.4.